The first-order valence-electron chi connectivity index (χ1n) is 4.93. The van der Waals surface area contributed by atoms with E-state index in [0.29, 0.717) is 13.2 Å². The Balaban J connectivity index is 2.90. The van der Waals surface area contributed by atoms with Crippen molar-refractivity contribution >= 4 is 34.9 Å². The molecule has 0 unspecified atom stereocenters. The molecule has 0 aromatic carbocycles. The van der Waals surface area contributed by atoms with Crippen LogP contribution in [0, 0.1) is 0 Å². The van der Waals surface area contributed by atoms with Gasteiger partial charge in [0.05, 0.1) is 17.0 Å². The van der Waals surface area contributed by atoms with Gasteiger partial charge in [-0.3, -0.25) is 4.57 Å². The maximum Gasteiger partial charge on any atom is 0.352 e. The Morgan fingerprint density at radius 2 is 2.00 bits per heavy atom. The van der Waals surface area contributed by atoms with E-state index in [2.05, 4.69) is 15.9 Å². The third-order valence-electron chi connectivity index (χ3n) is 1.84. The zero-order chi connectivity index (χ0) is 12.2. The van der Waals surface area contributed by atoms with Crippen LogP contribution in [0.2, 0.25) is 0 Å². The van der Waals surface area contributed by atoms with Gasteiger partial charge in [0.25, 0.3) is 0 Å². The third-order valence-corrected chi connectivity index (χ3v) is 5.92. The van der Waals surface area contributed by atoms with E-state index in [9.17, 15) is 4.57 Å². The first-order chi connectivity index (χ1) is 7.53. The molecule has 0 radical (unpaired) electrons. The molecule has 0 spiro atoms. The lowest BCUT2D eigenvalue weighted by atomic mass is 10.5. The summed E-state index contributed by atoms with van der Waals surface area (Å²) in [4.78, 5) is 0.789. The molecule has 0 fully saturated rings. The second-order valence-corrected chi connectivity index (χ2v) is 7.61. The molecule has 0 saturated carbocycles. The van der Waals surface area contributed by atoms with Crippen molar-refractivity contribution in [2.24, 2.45) is 5.73 Å². The highest BCUT2D eigenvalue weighted by atomic mass is 79.9. The van der Waals surface area contributed by atoms with Crippen molar-refractivity contribution < 1.29 is 13.6 Å². The minimum Gasteiger partial charge on any atom is -0.313 e. The van der Waals surface area contributed by atoms with Gasteiger partial charge < -0.3 is 14.8 Å². The topological polar surface area (TPSA) is 61.5 Å². The Kier molecular flexibility index (Phi) is 5.64. The van der Waals surface area contributed by atoms with Crippen molar-refractivity contribution in [1.29, 1.82) is 0 Å². The van der Waals surface area contributed by atoms with Crippen molar-refractivity contribution in [1.82, 2.24) is 0 Å². The number of rotatable bonds is 6. The van der Waals surface area contributed by atoms with E-state index in [0.717, 1.165) is 8.66 Å². The Labute approximate surface area is 108 Å². The summed E-state index contributed by atoms with van der Waals surface area (Å²) in [7, 11) is -3.25. The average molecular weight is 328 g/mol. The van der Waals surface area contributed by atoms with Crippen LogP contribution >= 0.6 is 34.9 Å². The lowest BCUT2D eigenvalue weighted by Gasteiger charge is -2.22. The molecule has 4 nitrogen and oxygen atoms in total. The van der Waals surface area contributed by atoms with Gasteiger partial charge in [0.15, 0.2) is 0 Å². The van der Waals surface area contributed by atoms with Crippen LogP contribution in [0.4, 0.5) is 0 Å². The Bertz CT molecular complexity index is 375. The maximum atomic E-state index is 12.3. The lowest BCUT2D eigenvalue weighted by molar-refractivity contribution is 0.212. The van der Waals surface area contributed by atoms with Gasteiger partial charge in [-0.05, 0) is 41.9 Å². The zero-order valence-electron chi connectivity index (χ0n) is 9.18. The van der Waals surface area contributed by atoms with Gasteiger partial charge >= 0.3 is 7.60 Å². The molecule has 92 valence electrons. The van der Waals surface area contributed by atoms with Gasteiger partial charge in [-0.15, -0.1) is 11.3 Å². The SMILES string of the molecule is CCOP(=O)(OCC)[C@@H](N)c1ccc(Br)s1. The second-order valence-electron chi connectivity index (χ2n) is 2.96. The monoisotopic (exact) mass is 327 g/mol. The molecule has 1 rings (SSSR count). The van der Waals surface area contributed by atoms with Gasteiger partial charge in [0.2, 0.25) is 0 Å². The smallest absolute Gasteiger partial charge is 0.313 e. The van der Waals surface area contributed by atoms with E-state index in [1.807, 2.05) is 12.1 Å². The third kappa shape index (κ3) is 3.39. The standard InChI is InChI=1S/C9H15BrNO3PS/c1-3-13-15(12,14-4-2)9(11)7-5-6-8(10)16-7/h5-6,9H,3-4,11H2,1-2H3/t9-/m1/s1. The van der Waals surface area contributed by atoms with E-state index in [1.54, 1.807) is 13.8 Å². The van der Waals surface area contributed by atoms with Crippen molar-refractivity contribution in [2.75, 3.05) is 13.2 Å². The molecule has 1 aromatic heterocycles. The zero-order valence-corrected chi connectivity index (χ0v) is 12.5. The summed E-state index contributed by atoms with van der Waals surface area (Å²) in [6.45, 7) is 4.17. The largest absolute Gasteiger partial charge is 0.352 e. The highest BCUT2D eigenvalue weighted by Crippen LogP contribution is 2.59. The van der Waals surface area contributed by atoms with Crippen LogP contribution in [0.25, 0.3) is 0 Å². The number of hydrogen-bond donors (Lipinski definition) is 1. The van der Waals surface area contributed by atoms with Crippen LogP contribution < -0.4 is 5.73 Å². The molecular weight excluding hydrogens is 313 g/mol. The number of halogens is 1. The van der Waals surface area contributed by atoms with Gasteiger partial charge in [-0.1, -0.05) is 0 Å². The fraction of sp³-hybridized carbons (Fsp3) is 0.556. The molecule has 0 amide bonds. The van der Waals surface area contributed by atoms with Crippen LogP contribution in [0.15, 0.2) is 15.9 Å². The number of thiophene rings is 1. The first-order valence-corrected chi connectivity index (χ1v) is 8.15. The van der Waals surface area contributed by atoms with Crippen LogP contribution in [0.5, 0.6) is 0 Å². The summed E-state index contributed by atoms with van der Waals surface area (Å²) in [5, 5.41) is 0. The van der Waals surface area contributed by atoms with E-state index in [1.165, 1.54) is 11.3 Å². The van der Waals surface area contributed by atoms with Crippen molar-refractivity contribution in [2.45, 2.75) is 19.6 Å². The van der Waals surface area contributed by atoms with Crippen molar-refractivity contribution in [3.8, 4) is 0 Å². The summed E-state index contributed by atoms with van der Waals surface area (Å²) in [5.74, 6) is -0.719. The average Bonchev–Trinajstić information content (AvgIpc) is 2.64. The minimum atomic E-state index is -3.25. The molecule has 1 heterocycles. The Morgan fingerprint density at radius 1 is 1.44 bits per heavy atom. The van der Waals surface area contributed by atoms with E-state index < -0.39 is 13.4 Å². The van der Waals surface area contributed by atoms with Gasteiger partial charge in [-0.25, -0.2) is 0 Å². The highest BCUT2D eigenvalue weighted by Gasteiger charge is 2.34. The van der Waals surface area contributed by atoms with Crippen molar-refractivity contribution in [3.05, 3.63) is 20.8 Å². The van der Waals surface area contributed by atoms with E-state index >= 15 is 0 Å². The molecule has 2 N–H and O–H groups in total. The normalized spacial score (nSPS) is 14.0. The molecule has 0 aliphatic carbocycles. The predicted octanol–water partition coefficient (Wildman–Crippen LogP) is 3.73. The summed E-state index contributed by atoms with van der Waals surface area (Å²) in [5.41, 5.74) is 5.94. The van der Waals surface area contributed by atoms with Gasteiger partial charge in [0.1, 0.15) is 5.78 Å². The van der Waals surface area contributed by atoms with Gasteiger partial charge in [-0.2, -0.15) is 0 Å². The van der Waals surface area contributed by atoms with E-state index in [4.69, 9.17) is 14.8 Å². The quantitative estimate of drug-likeness (QED) is 0.808. The van der Waals surface area contributed by atoms with Crippen LogP contribution in [0.1, 0.15) is 24.5 Å². The Hall–Kier alpha value is 0.290. The number of nitrogens with two attached hydrogens (primary N) is 1. The fourth-order valence-corrected chi connectivity index (χ4v) is 4.57. The summed E-state index contributed by atoms with van der Waals surface area (Å²) in [6.07, 6.45) is 0. The van der Waals surface area contributed by atoms with Crippen molar-refractivity contribution in [3.63, 3.8) is 0 Å². The minimum absolute atomic E-state index is 0.317. The molecule has 7 heteroatoms. The lowest BCUT2D eigenvalue weighted by Crippen LogP contribution is -2.13. The predicted molar refractivity (Wildman–Crippen MR) is 69.8 cm³/mol. The van der Waals surface area contributed by atoms with Crippen LogP contribution in [-0.4, -0.2) is 13.2 Å². The van der Waals surface area contributed by atoms with E-state index in [-0.39, 0.29) is 0 Å². The molecule has 0 bridgehead atoms. The summed E-state index contributed by atoms with van der Waals surface area (Å²) >= 11 is 4.77. The van der Waals surface area contributed by atoms with Crippen LogP contribution in [0.3, 0.4) is 0 Å². The summed E-state index contributed by atoms with van der Waals surface area (Å²) in [6, 6.07) is 3.69. The van der Waals surface area contributed by atoms with Crippen LogP contribution in [-0.2, 0) is 13.6 Å². The Morgan fingerprint density at radius 3 is 2.38 bits per heavy atom. The molecule has 16 heavy (non-hydrogen) atoms. The van der Waals surface area contributed by atoms with Gasteiger partial charge in [0, 0.05) is 4.88 Å². The molecule has 1 atom stereocenters. The molecule has 0 aliphatic heterocycles. The number of hydrogen-bond acceptors (Lipinski definition) is 5. The summed E-state index contributed by atoms with van der Waals surface area (Å²) < 4.78 is 23.7. The molecular formula is C9H15BrNO3PS. The maximum absolute atomic E-state index is 12.3. The first kappa shape index (κ1) is 14.4. The second kappa shape index (κ2) is 6.28. The molecule has 1 aromatic rings. The molecule has 0 saturated heterocycles. The fourth-order valence-electron chi connectivity index (χ4n) is 1.20. The molecule has 0 aliphatic rings. The highest BCUT2D eigenvalue weighted by molar-refractivity contribution is 9.11.